The van der Waals surface area contributed by atoms with E-state index in [2.05, 4.69) is 17.2 Å². The molecule has 0 spiro atoms. The molecule has 1 aliphatic heterocycles. The quantitative estimate of drug-likeness (QED) is 0.439. The Bertz CT molecular complexity index is 1200. The summed E-state index contributed by atoms with van der Waals surface area (Å²) >= 11 is 0. The van der Waals surface area contributed by atoms with Crippen molar-refractivity contribution >= 4 is 22.9 Å². The third kappa shape index (κ3) is 5.48. The van der Waals surface area contributed by atoms with E-state index in [0.29, 0.717) is 47.6 Å². The molecule has 0 bridgehead atoms. The Balaban J connectivity index is 1.18. The van der Waals surface area contributed by atoms with Crippen LogP contribution in [0.5, 0.6) is 0 Å². The van der Waals surface area contributed by atoms with Crippen LogP contribution in [0.15, 0.2) is 46.9 Å². The van der Waals surface area contributed by atoms with Crippen LogP contribution in [0, 0.1) is 18.8 Å². The van der Waals surface area contributed by atoms with Gasteiger partial charge < -0.3 is 14.6 Å². The molecule has 5 rings (SSSR count). The standard InChI is InChI=1S/C30H37N3O3/c1-20-9-11-23(12-10-20)29-32-26-19-24(13-14-27(26)36-29)30(35)33-17-15-22(16-18-33)21(2)28(34)31-25-7-5-3-4-6-8-25/h9-14,19,21-22,25H,3-8,15-18H2,1-2H3,(H,31,34)/t21-/m1/s1. The molecule has 2 aliphatic rings. The maximum atomic E-state index is 13.3. The van der Waals surface area contributed by atoms with Gasteiger partial charge in [0.05, 0.1) is 0 Å². The van der Waals surface area contributed by atoms with Crippen molar-refractivity contribution in [2.45, 2.75) is 71.3 Å². The van der Waals surface area contributed by atoms with Crippen molar-refractivity contribution in [1.82, 2.24) is 15.2 Å². The third-order valence-electron chi connectivity index (χ3n) is 8.08. The lowest BCUT2D eigenvalue weighted by Crippen LogP contribution is -2.44. The van der Waals surface area contributed by atoms with Crippen molar-refractivity contribution in [2.75, 3.05) is 13.1 Å². The molecule has 36 heavy (non-hydrogen) atoms. The Labute approximate surface area is 213 Å². The van der Waals surface area contributed by atoms with Gasteiger partial charge in [0.1, 0.15) is 5.52 Å². The molecule has 0 unspecified atom stereocenters. The minimum absolute atomic E-state index is 0.0165. The highest BCUT2D eigenvalue weighted by Gasteiger charge is 2.31. The van der Waals surface area contributed by atoms with Crippen LogP contribution < -0.4 is 5.32 Å². The first-order valence-electron chi connectivity index (χ1n) is 13.6. The van der Waals surface area contributed by atoms with E-state index in [1.165, 1.54) is 31.2 Å². The van der Waals surface area contributed by atoms with Crippen molar-refractivity contribution in [1.29, 1.82) is 0 Å². The maximum Gasteiger partial charge on any atom is 0.253 e. The molecule has 2 fully saturated rings. The summed E-state index contributed by atoms with van der Waals surface area (Å²) in [6.45, 7) is 5.45. The van der Waals surface area contributed by atoms with Crippen LogP contribution in [0.1, 0.15) is 74.2 Å². The first kappa shape index (κ1) is 24.5. The molecule has 2 amide bonds. The first-order chi connectivity index (χ1) is 17.5. The molecule has 1 atom stereocenters. The number of likely N-dealkylation sites (tertiary alicyclic amines) is 1. The van der Waals surface area contributed by atoms with Gasteiger partial charge in [-0.1, -0.05) is 50.3 Å². The second kappa shape index (κ2) is 10.9. The fourth-order valence-corrected chi connectivity index (χ4v) is 5.64. The number of amides is 2. The topological polar surface area (TPSA) is 75.4 Å². The number of carbonyl (C=O) groups excluding carboxylic acids is 2. The van der Waals surface area contributed by atoms with E-state index in [4.69, 9.17) is 4.42 Å². The van der Waals surface area contributed by atoms with Crippen molar-refractivity contribution < 1.29 is 14.0 Å². The lowest BCUT2D eigenvalue weighted by Gasteiger charge is -2.35. The average Bonchev–Trinajstić information content (AvgIpc) is 3.16. The molecule has 1 saturated heterocycles. The fraction of sp³-hybridized carbons (Fsp3) is 0.500. The van der Waals surface area contributed by atoms with E-state index in [1.54, 1.807) is 0 Å². The van der Waals surface area contributed by atoms with Gasteiger partial charge >= 0.3 is 0 Å². The average molecular weight is 488 g/mol. The summed E-state index contributed by atoms with van der Waals surface area (Å²) in [5, 5.41) is 3.31. The molecule has 6 nitrogen and oxygen atoms in total. The summed E-state index contributed by atoms with van der Waals surface area (Å²) in [6.07, 6.45) is 8.92. The third-order valence-corrected chi connectivity index (χ3v) is 8.08. The summed E-state index contributed by atoms with van der Waals surface area (Å²) in [7, 11) is 0. The Kier molecular flexibility index (Phi) is 7.40. The number of nitrogens with one attached hydrogen (secondary N) is 1. The largest absolute Gasteiger partial charge is 0.436 e. The van der Waals surface area contributed by atoms with Crippen LogP contribution in [0.4, 0.5) is 0 Å². The summed E-state index contributed by atoms with van der Waals surface area (Å²) in [5.74, 6) is 1.07. The highest BCUT2D eigenvalue weighted by molar-refractivity contribution is 5.97. The molecule has 1 saturated carbocycles. The maximum absolute atomic E-state index is 13.3. The number of aryl methyl sites for hydroxylation is 1. The molecular formula is C30H37N3O3. The lowest BCUT2D eigenvalue weighted by atomic mass is 9.84. The normalized spacial score (nSPS) is 18.7. The zero-order valence-corrected chi connectivity index (χ0v) is 21.5. The first-order valence-corrected chi connectivity index (χ1v) is 13.6. The molecule has 6 heteroatoms. The van der Waals surface area contributed by atoms with Crippen LogP contribution in [0.25, 0.3) is 22.6 Å². The molecule has 2 heterocycles. The highest BCUT2D eigenvalue weighted by atomic mass is 16.3. The van der Waals surface area contributed by atoms with E-state index < -0.39 is 0 Å². The van der Waals surface area contributed by atoms with Gasteiger partial charge in [0.25, 0.3) is 5.91 Å². The van der Waals surface area contributed by atoms with Crippen LogP contribution in [-0.2, 0) is 4.79 Å². The van der Waals surface area contributed by atoms with E-state index >= 15 is 0 Å². The van der Waals surface area contributed by atoms with Gasteiger partial charge in [-0.2, -0.15) is 0 Å². The molecule has 0 radical (unpaired) electrons. The summed E-state index contributed by atoms with van der Waals surface area (Å²) in [6, 6.07) is 13.9. The number of hydrogen-bond acceptors (Lipinski definition) is 4. The second-order valence-corrected chi connectivity index (χ2v) is 10.7. The minimum Gasteiger partial charge on any atom is -0.436 e. The minimum atomic E-state index is -0.0165. The number of aromatic nitrogens is 1. The van der Waals surface area contributed by atoms with Crippen molar-refractivity contribution in [3.8, 4) is 11.5 Å². The number of piperidine rings is 1. The van der Waals surface area contributed by atoms with Gasteiger partial charge in [0.2, 0.25) is 11.8 Å². The van der Waals surface area contributed by atoms with Crippen molar-refractivity contribution in [3.63, 3.8) is 0 Å². The van der Waals surface area contributed by atoms with E-state index in [-0.39, 0.29) is 17.7 Å². The number of fused-ring (bicyclic) bond motifs is 1. The predicted octanol–water partition coefficient (Wildman–Crippen LogP) is 6.13. The Morgan fingerprint density at radius 3 is 2.36 bits per heavy atom. The van der Waals surface area contributed by atoms with Crippen LogP contribution >= 0.6 is 0 Å². The van der Waals surface area contributed by atoms with Crippen molar-refractivity contribution in [3.05, 3.63) is 53.6 Å². The number of nitrogens with zero attached hydrogens (tertiary/aromatic N) is 2. The predicted molar refractivity (Wildman–Crippen MR) is 142 cm³/mol. The monoisotopic (exact) mass is 487 g/mol. The molecule has 1 N–H and O–H groups in total. The molecular weight excluding hydrogens is 450 g/mol. The van der Waals surface area contributed by atoms with E-state index in [1.807, 2.05) is 54.3 Å². The van der Waals surface area contributed by atoms with Gasteiger partial charge in [0, 0.05) is 36.2 Å². The Morgan fingerprint density at radius 1 is 0.972 bits per heavy atom. The lowest BCUT2D eigenvalue weighted by molar-refractivity contribution is -0.127. The molecule has 1 aromatic heterocycles. The van der Waals surface area contributed by atoms with Gasteiger partial charge in [-0.05, 0) is 68.9 Å². The van der Waals surface area contributed by atoms with E-state index in [9.17, 15) is 9.59 Å². The summed E-state index contributed by atoms with van der Waals surface area (Å²) in [4.78, 5) is 32.7. The van der Waals surface area contributed by atoms with Gasteiger partial charge in [0.15, 0.2) is 5.58 Å². The summed E-state index contributed by atoms with van der Waals surface area (Å²) < 4.78 is 5.92. The fourth-order valence-electron chi connectivity index (χ4n) is 5.64. The molecule has 2 aromatic carbocycles. The van der Waals surface area contributed by atoms with Crippen LogP contribution in [0.3, 0.4) is 0 Å². The highest BCUT2D eigenvalue weighted by Crippen LogP contribution is 2.29. The molecule has 1 aliphatic carbocycles. The number of benzene rings is 2. The Morgan fingerprint density at radius 2 is 1.67 bits per heavy atom. The van der Waals surface area contributed by atoms with Crippen molar-refractivity contribution in [2.24, 2.45) is 11.8 Å². The van der Waals surface area contributed by atoms with Crippen LogP contribution in [-0.4, -0.2) is 40.8 Å². The van der Waals surface area contributed by atoms with Gasteiger partial charge in [-0.3, -0.25) is 9.59 Å². The number of rotatable bonds is 5. The molecule has 190 valence electrons. The zero-order valence-electron chi connectivity index (χ0n) is 21.5. The smallest absolute Gasteiger partial charge is 0.253 e. The van der Waals surface area contributed by atoms with Crippen LogP contribution in [0.2, 0.25) is 0 Å². The SMILES string of the molecule is Cc1ccc(-c2nc3cc(C(=O)N4CCC([C@@H](C)C(=O)NC5CCCCCC5)CC4)ccc3o2)cc1. The molecule has 3 aromatic rings. The van der Waals surface area contributed by atoms with Gasteiger partial charge in [-0.25, -0.2) is 4.98 Å². The zero-order chi connectivity index (χ0) is 25.1. The number of carbonyl (C=O) groups is 2. The van der Waals surface area contributed by atoms with Gasteiger partial charge in [-0.15, -0.1) is 0 Å². The number of oxazole rings is 1. The number of hydrogen-bond donors (Lipinski definition) is 1. The Hall–Kier alpha value is -3.15. The van der Waals surface area contributed by atoms with E-state index in [0.717, 1.165) is 31.2 Å². The summed E-state index contributed by atoms with van der Waals surface area (Å²) in [5.41, 5.74) is 4.10. The second-order valence-electron chi connectivity index (χ2n) is 10.7.